The van der Waals surface area contributed by atoms with Gasteiger partial charge in [0.1, 0.15) is 23.5 Å². The maximum absolute atomic E-state index is 12.5. The Morgan fingerprint density at radius 2 is 2.00 bits per heavy atom. The van der Waals surface area contributed by atoms with Crippen LogP contribution >= 0.6 is 0 Å². The lowest BCUT2D eigenvalue weighted by atomic mass is 10.0. The molecule has 3 atom stereocenters. The molecule has 1 unspecified atom stereocenters. The van der Waals surface area contributed by atoms with Gasteiger partial charge < -0.3 is 30.0 Å². The predicted molar refractivity (Wildman–Crippen MR) is 156 cm³/mol. The first-order valence-corrected chi connectivity index (χ1v) is 13.5. The van der Waals surface area contributed by atoms with E-state index >= 15 is 0 Å². The number of pyridine rings is 1. The molecule has 1 aromatic carbocycles. The summed E-state index contributed by atoms with van der Waals surface area (Å²) in [6.07, 6.45) is 6.64. The van der Waals surface area contributed by atoms with Crippen molar-refractivity contribution < 1.29 is 14.3 Å². The van der Waals surface area contributed by atoms with Gasteiger partial charge >= 0.3 is 0 Å². The van der Waals surface area contributed by atoms with Crippen LogP contribution in [0.3, 0.4) is 0 Å². The van der Waals surface area contributed by atoms with E-state index in [4.69, 9.17) is 15.2 Å². The minimum absolute atomic E-state index is 0.0635. The van der Waals surface area contributed by atoms with Gasteiger partial charge in [-0.15, -0.1) is 0 Å². The number of hydrogen-bond donors (Lipinski definition) is 2. The predicted octanol–water partition coefficient (Wildman–Crippen LogP) is 3.24. The number of nitrogens with two attached hydrogens (primary N) is 1. The molecule has 10 nitrogen and oxygen atoms in total. The fourth-order valence-electron chi connectivity index (χ4n) is 5.59. The molecule has 3 N–H and O–H groups in total. The van der Waals surface area contributed by atoms with Crippen LogP contribution in [0.15, 0.2) is 61.1 Å². The fourth-order valence-corrected chi connectivity index (χ4v) is 5.59. The van der Waals surface area contributed by atoms with Gasteiger partial charge in [-0.2, -0.15) is 0 Å². The highest BCUT2D eigenvalue weighted by atomic mass is 16.5. The zero-order chi connectivity index (χ0) is 28.5. The second-order valence-corrected chi connectivity index (χ2v) is 10.2. The second-order valence-electron chi connectivity index (χ2n) is 10.2. The van der Waals surface area contributed by atoms with E-state index < -0.39 is 0 Å². The molecule has 6 rings (SSSR count). The first-order valence-electron chi connectivity index (χ1n) is 13.5. The van der Waals surface area contributed by atoms with Crippen molar-refractivity contribution in [3.8, 4) is 40.3 Å². The quantitative estimate of drug-likeness (QED) is 0.266. The molecule has 0 radical (unpaired) electrons. The number of likely N-dealkylation sites (N-methyl/N-ethyl adjacent to an activating group) is 1. The summed E-state index contributed by atoms with van der Waals surface area (Å²) in [6.45, 7) is 2.15. The zero-order valence-corrected chi connectivity index (χ0v) is 23.2. The van der Waals surface area contributed by atoms with E-state index in [9.17, 15) is 4.79 Å². The first-order chi connectivity index (χ1) is 20.0. The number of ether oxygens (including phenoxy) is 2. The lowest BCUT2D eigenvalue weighted by molar-refractivity contribution is -0.125. The smallest absolute Gasteiger partial charge is 0.246 e. The van der Waals surface area contributed by atoms with E-state index in [1.807, 2.05) is 60.0 Å². The van der Waals surface area contributed by atoms with Crippen LogP contribution in [-0.2, 0) is 11.8 Å². The van der Waals surface area contributed by atoms with Crippen molar-refractivity contribution in [2.45, 2.75) is 0 Å². The third-order valence-electron chi connectivity index (χ3n) is 7.75. The number of aromatic nitrogens is 4. The third kappa shape index (κ3) is 4.96. The molecule has 0 spiro atoms. The van der Waals surface area contributed by atoms with Gasteiger partial charge in [-0.25, -0.2) is 15.0 Å². The standard InChI is InChI=1S/C31H31N7O3/c1-33-13-6-8-27(39)38-16-21-20(22(21)17-38)10-11-23-28(29-30(32)35-18-36-31(29)37(23)2)19-9-12-24(25(15-19)40-3)41-26-7-4-5-14-34-26/h4-9,12,14-15,18,20-22,33H,13,16-17H2,1-3H3,(H2,32,35,36)/b8-6+/t20?,21-,22+. The molecule has 2 aliphatic rings. The molecular weight excluding hydrogens is 518 g/mol. The first kappa shape index (κ1) is 26.3. The number of hydrogen-bond acceptors (Lipinski definition) is 8. The van der Waals surface area contributed by atoms with E-state index in [-0.39, 0.29) is 11.8 Å². The number of nitrogen functional groups attached to an aromatic ring is 1. The highest BCUT2D eigenvalue weighted by Crippen LogP contribution is 2.51. The molecule has 1 saturated carbocycles. The Hall–Kier alpha value is -4.88. The summed E-state index contributed by atoms with van der Waals surface area (Å²) < 4.78 is 13.6. The molecule has 4 aromatic rings. The van der Waals surface area contributed by atoms with Crippen LogP contribution in [0.25, 0.3) is 22.2 Å². The number of benzene rings is 1. The van der Waals surface area contributed by atoms with Gasteiger partial charge in [-0.3, -0.25) is 4.79 Å². The van der Waals surface area contributed by atoms with Gasteiger partial charge in [0.05, 0.1) is 12.5 Å². The van der Waals surface area contributed by atoms with Crippen LogP contribution < -0.4 is 20.5 Å². The lowest BCUT2D eigenvalue weighted by Gasteiger charge is -2.16. The molecule has 1 amide bonds. The van der Waals surface area contributed by atoms with E-state index in [2.05, 4.69) is 32.1 Å². The van der Waals surface area contributed by atoms with Crippen LogP contribution in [0.2, 0.25) is 0 Å². The summed E-state index contributed by atoms with van der Waals surface area (Å²) in [7, 11) is 5.39. The van der Waals surface area contributed by atoms with Crippen molar-refractivity contribution in [2.24, 2.45) is 24.8 Å². The molecule has 4 heterocycles. The third-order valence-corrected chi connectivity index (χ3v) is 7.75. The van der Waals surface area contributed by atoms with Crippen LogP contribution in [0.1, 0.15) is 5.69 Å². The molecule has 2 fully saturated rings. The Labute approximate surface area is 238 Å². The van der Waals surface area contributed by atoms with Crippen molar-refractivity contribution >= 4 is 22.8 Å². The van der Waals surface area contributed by atoms with Gasteiger partial charge in [-0.05, 0) is 48.6 Å². The van der Waals surface area contributed by atoms with Crippen LogP contribution in [0, 0.1) is 29.6 Å². The number of anilines is 1. The summed E-state index contributed by atoms with van der Waals surface area (Å²) >= 11 is 0. The van der Waals surface area contributed by atoms with Crippen LogP contribution in [0.4, 0.5) is 5.82 Å². The summed E-state index contributed by atoms with van der Waals surface area (Å²) in [5.74, 6) is 9.99. The SMILES string of the molecule is CNC/C=C/C(=O)N1C[C@@H]2C(C#Cc3c(-c4ccc(Oc5ccccn5)c(OC)c4)c4c(N)ncnc4n3C)[C@@H]2C1. The number of carbonyl (C=O) groups excluding carboxylic acids is 1. The number of nitrogens with one attached hydrogen (secondary N) is 1. The number of fused-ring (bicyclic) bond motifs is 2. The number of rotatable bonds is 7. The molecule has 41 heavy (non-hydrogen) atoms. The number of carbonyl (C=O) groups is 1. The van der Waals surface area contributed by atoms with Crippen molar-refractivity contribution in [3.63, 3.8) is 0 Å². The van der Waals surface area contributed by atoms with Gasteiger partial charge in [0.15, 0.2) is 11.5 Å². The lowest BCUT2D eigenvalue weighted by Crippen LogP contribution is -2.30. The van der Waals surface area contributed by atoms with Gasteiger partial charge in [0.25, 0.3) is 0 Å². The van der Waals surface area contributed by atoms with E-state index in [0.29, 0.717) is 47.2 Å². The highest BCUT2D eigenvalue weighted by molar-refractivity contribution is 6.03. The average molecular weight is 550 g/mol. The minimum atomic E-state index is 0.0635. The molecule has 10 heteroatoms. The van der Waals surface area contributed by atoms with E-state index in [1.54, 1.807) is 25.4 Å². The normalized spacial score (nSPS) is 19.2. The number of nitrogens with zero attached hydrogens (tertiary/aromatic N) is 5. The Morgan fingerprint density at radius 1 is 1.17 bits per heavy atom. The zero-order valence-electron chi connectivity index (χ0n) is 23.2. The molecule has 1 aliphatic carbocycles. The Balaban J connectivity index is 1.31. The molecule has 1 aliphatic heterocycles. The van der Waals surface area contributed by atoms with E-state index in [1.165, 1.54) is 6.33 Å². The maximum Gasteiger partial charge on any atom is 0.246 e. The monoisotopic (exact) mass is 549 g/mol. The maximum atomic E-state index is 12.5. The van der Waals surface area contributed by atoms with Crippen molar-refractivity contribution in [1.29, 1.82) is 0 Å². The number of piperidine rings is 1. The number of aryl methyl sites for hydroxylation is 1. The van der Waals surface area contributed by atoms with Crippen molar-refractivity contribution in [3.05, 3.63) is 66.8 Å². The summed E-state index contributed by atoms with van der Waals surface area (Å²) in [6, 6.07) is 11.2. The minimum Gasteiger partial charge on any atom is -0.493 e. The van der Waals surface area contributed by atoms with Gasteiger partial charge in [0.2, 0.25) is 11.8 Å². The van der Waals surface area contributed by atoms with Crippen molar-refractivity contribution in [1.82, 2.24) is 29.7 Å². The van der Waals surface area contributed by atoms with Crippen LogP contribution in [-0.4, -0.2) is 64.1 Å². The molecule has 0 bridgehead atoms. The number of amides is 1. The number of likely N-dealkylation sites (tertiary alicyclic amines) is 1. The topological polar surface area (TPSA) is 120 Å². The molecule has 3 aromatic heterocycles. The van der Waals surface area contributed by atoms with Gasteiger partial charge in [-0.1, -0.05) is 24.1 Å². The molecule has 1 saturated heterocycles. The fraction of sp³-hybridized carbons (Fsp3) is 0.290. The second kappa shape index (κ2) is 10.9. The molecular formula is C31H31N7O3. The Kier molecular flexibility index (Phi) is 7.03. The number of methoxy groups -OCH3 is 1. The average Bonchev–Trinajstić information content (AvgIpc) is 3.29. The van der Waals surface area contributed by atoms with E-state index in [0.717, 1.165) is 35.3 Å². The van der Waals surface area contributed by atoms with Crippen molar-refractivity contribution in [2.75, 3.05) is 39.5 Å². The summed E-state index contributed by atoms with van der Waals surface area (Å²) in [5, 5.41) is 3.75. The van der Waals surface area contributed by atoms with Crippen LogP contribution in [0.5, 0.6) is 17.4 Å². The molecule has 208 valence electrons. The van der Waals surface area contributed by atoms with Gasteiger partial charge in [0, 0.05) is 56.5 Å². The summed E-state index contributed by atoms with van der Waals surface area (Å²) in [5.41, 5.74) is 9.57. The Bertz CT molecular complexity index is 1690. The summed E-state index contributed by atoms with van der Waals surface area (Å²) in [4.78, 5) is 27.4. The largest absolute Gasteiger partial charge is 0.493 e. The Morgan fingerprint density at radius 3 is 2.73 bits per heavy atom. The highest BCUT2D eigenvalue weighted by Gasteiger charge is 2.55.